The number of halogens is 1. The molecule has 0 aromatic heterocycles. The number of carbonyl (C=O) groups excluding carboxylic acids is 1. The van der Waals surface area contributed by atoms with Crippen LogP contribution in [0.1, 0.15) is 19.8 Å². The number of hydrogen-bond acceptors (Lipinski definition) is 2. The lowest BCUT2D eigenvalue weighted by Crippen LogP contribution is -2.00. The van der Waals surface area contributed by atoms with Gasteiger partial charge >= 0.3 is 0 Å². The molecular formula is C11H13BrO2. The van der Waals surface area contributed by atoms with E-state index in [4.69, 9.17) is 4.74 Å². The maximum Gasteiger partial charge on any atom is 0.129 e. The number of ketones is 1. The van der Waals surface area contributed by atoms with Gasteiger partial charge in [0.1, 0.15) is 11.5 Å². The summed E-state index contributed by atoms with van der Waals surface area (Å²) in [5, 5.41) is 0. The highest BCUT2D eigenvalue weighted by molar-refractivity contribution is 9.10. The summed E-state index contributed by atoms with van der Waals surface area (Å²) >= 11 is 3.35. The second-order valence-electron chi connectivity index (χ2n) is 3.11. The Morgan fingerprint density at radius 1 is 1.36 bits per heavy atom. The van der Waals surface area contributed by atoms with E-state index in [0.717, 1.165) is 16.6 Å². The van der Waals surface area contributed by atoms with E-state index in [9.17, 15) is 4.79 Å². The first-order valence-electron chi connectivity index (χ1n) is 4.56. The lowest BCUT2D eigenvalue weighted by atomic mass is 10.2. The van der Waals surface area contributed by atoms with Crippen molar-refractivity contribution in [3.8, 4) is 5.75 Å². The summed E-state index contributed by atoms with van der Waals surface area (Å²) in [7, 11) is 0. The predicted molar refractivity (Wildman–Crippen MR) is 59.6 cm³/mol. The molecule has 0 amide bonds. The van der Waals surface area contributed by atoms with E-state index < -0.39 is 0 Å². The van der Waals surface area contributed by atoms with Crippen molar-refractivity contribution in [3.05, 3.63) is 28.7 Å². The van der Waals surface area contributed by atoms with Crippen LogP contribution in [0.5, 0.6) is 5.75 Å². The molecule has 2 nitrogen and oxygen atoms in total. The second kappa shape index (κ2) is 5.81. The zero-order valence-electron chi connectivity index (χ0n) is 8.13. The largest absolute Gasteiger partial charge is 0.494 e. The number of Topliss-reactive ketones (excluding diaryl/α,β-unsaturated/α-hetero) is 1. The van der Waals surface area contributed by atoms with Gasteiger partial charge < -0.3 is 9.53 Å². The molecule has 0 radical (unpaired) electrons. The molecule has 1 aromatic carbocycles. The molecule has 0 atom stereocenters. The van der Waals surface area contributed by atoms with Crippen molar-refractivity contribution in [2.75, 3.05) is 6.61 Å². The Bertz CT molecular complexity index is 293. The Kier molecular flexibility index (Phi) is 4.66. The maximum atomic E-state index is 10.6. The van der Waals surface area contributed by atoms with Crippen LogP contribution in [0, 0.1) is 0 Å². The minimum absolute atomic E-state index is 0.212. The third kappa shape index (κ3) is 4.42. The van der Waals surface area contributed by atoms with Crippen LogP contribution >= 0.6 is 15.9 Å². The molecule has 76 valence electrons. The minimum atomic E-state index is 0.212. The lowest BCUT2D eigenvalue weighted by Gasteiger charge is -2.04. The van der Waals surface area contributed by atoms with Gasteiger partial charge in [-0.2, -0.15) is 0 Å². The second-order valence-corrected chi connectivity index (χ2v) is 4.02. The third-order valence-corrected chi connectivity index (χ3v) is 2.28. The van der Waals surface area contributed by atoms with Crippen LogP contribution in [0.15, 0.2) is 28.7 Å². The van der Waals surface area contributed by atoms with Crippen molar-refractivity contribution in [2.24, 2.45) is 0 Å². The summed E-state index contributed by atoms with van der Waals surface area (Å²) in [5.74, 6) is 1.06. The summed E-state index contributed by atoms with van der Waals surface area (Å²) < 4.78 is 6.47. The van der Waals surface area contributed by atoms with Crippen LogP contribution in [-0.2, 0) is 4.79 Å². The van der Waals surface area contributed by atoms with E-state index in [0.29, 0.717) is 13.0 Å². The van der Waals surface area contributed by atoms with Crippen molar-refractivity contribution in [1.82, 2.24) is 0 Å². The first kappa shape index (κ1) is 11.2. The molecule has 1 aromatic rings. The molecule has 0 heterocycles. The van der Waals surface area contributed by atoms with Crippen LogP contribution in [0.4, 0.5) is 0 Å². The summed E-state index contributed by atoms with van der Waals surface area (Å²) in [4.78, 5) is 10.6. The van der Waals surface area contributed by atoms with Gasteiger partial charge in [0.15, 0.2) is 0 Å². The molecule has 0 fully saturated rings. The van der Waals surface area contributed by atoms with Gasteiger partial charge in [-0.1, -0.05) is 15.9 Å². The van der Waals surface area contributed by atoms with E-state index in [1.807, 2.05) is 24.3 Å². The topological polar surface area (TPSA) is 26.3 Å². The van der Waals surface area contributed by atoms with E-state index >= 15 is 0 Å². The SMILES string of the molecule is CC(=O)CCCOc1ccc(Br)cc1. The number of rotatable bonds is 5. The highest BCUT2D eigenvalue weighted by atomic mass is 79.9. The van der Waals surface area contributed by atoms with Crippen molar-refractivity contribution in [1.29, 1.82) is 0 Å². The zero-order valence-corrected chi connectivity index (χ0v) is 9.71. The van der Waals surface area contributed by atoms with Crippen molar-refractivity contribution in [2.45, 2.75) is 19.8 Å². The van der Waals surface area contributed by atoms with Gasteiger partial charge in [-0.25, -0.2) is 0 Å². The first-order chi connectivity index (χ1) is 6.68. The Labute approximate surface area is 92.4 Å². The number of hydrogen-bond donors (Lipinski definition) is 0. The van der Waals surface area contributed by atoms with Gasteiger partial charge in [-0.3, -0.25) is 0 Å². The fraction of sp³-hybridized carbons (Fsp3) is 0.364. The molecule has 0 saturated carbocycles. The monoisotopic (exact) mass is 256 g/mol. The molecule has 0 N–H and O–H groups in total. The molecule has 0 unspecified atom stereocenters. The van der Waals surface area contributed by atoms with Gasteiger partial charge in [0.05, 0.1) is 6.61 Å². The summed E-state index contributed by atoms with van der Waals surface area (Å²) in [6, 6.07) is 7.66. The molecule has 0 bridgehead atoms. The highest BCUT2D eigenvalue weighted by Gasteiger charge is 1.95. The fourth-order valence-corrected chi connectivity index (χ4v) is 1.31. The van der Waals surface area contributed by atoms with Crippen LogP contribution in [-0.4, -0.2) is 12.4 Å². The van der Waals surface area contributed by atoms with Gasteiger partial charge in [-0.05, 0) is 37.6 Å². The van der Waals surface area contributed by atoms with Crippen LogP contribution in [0.2, 0.25) is 0 Å². The summed E-state index contributed by atoms with van der Waals surface area (Å²) in [5.41, 5.74) is 0. The predicted octanol–water partition coefficient (Wildman–Crippen LogP) is 3.20. The molecule has 1 rings (SSSR count). The number of ether oxygens (including phenoxy) is 1. The van der Waals surface area contributed by atoms with Gasteiger partial charge in [0.25, 0.3) is 0 Å². The highest BCUT2D eigenvalue weighted by Crippen LogP contribution is 2.16. The van der Waals surface area contributed by atoms with Crippen molar-refractivity contribution in [3.63, 3.8) is 0 Å². The van der Waals surface area contributed by atoms with Crippen LogP contribution < -0.4 is 4.74 Å². The Balaban J connectivity index is 2.25. The molecule has 0 aliphatic carbocycles. The summed E-state index contributed by atoms with van der Waals surface area (Å²) in [6.45, 7) is 2.20. The van der Waals surface area contributed by atoms with E-state index in [1.165, 1.54) is 0 Å². The Morgan fingerprint density at radius 3 is 2.57 bits per heavy atom. The quantitative estimate of drug-likeness (QED) is 0.757. The fourth-order valence-electron chi connectivity index (χ4n) is 1.04. The Morgan fingerprint density at radius 2 is 2.00 bits per heavy atom. The van der Waals surface area contributed by atoms with E-state index in [2.05, 4.69) is 15.9 Å². The standard InChI is InChI=1S/C11H13BrO2/c1-9(13)3-2-8-14-11-6-4-10(12)5-7-11/h4-7H,2-3,8H2,1H3. The summed E-state index contributed by atoms with van der Waals surface area (Å²) in [6.07, 6.45) is 1.38. The van der Waals surface area contributed by atoms with Crippen LogP contribution in [0.3, 0.4) is 0 Å². The molecular weight excluding hydrogens is 244 g/mol. The smallest absolute Gasteiger partial charge is 0.129 e. The van der Waals surface area contributed by atoms with Gasteiger partial charge in [0.2, 0.25) is 0 Å². The van der Waals surface area contributed by atoms with Gasteiger partial charge in [-0.15, -0.1) is 0 Å². The Hall–Kier alpha value is -0.830. The first-order valence-corrected chi connectivity index (χ1v) is 5.35. The molecule has 0 aliphatic rings. The number of benzene rings is 1. The zero-order chi connectivity index (χ0) is 10.4. The molecule has 14 heavy (non-hydrogen) atoms. The van der Waals surface area contributed by atoms with Gasteiger partial charge in [0, 0.05) is 10.9 Å². The molecule has 0 spiro atoms. The molecule has 3 heteroatoms. The minimum Gasteiger partial charge on any atom is -0.494 e. The lowest BCUT2D eigenvalue weighted by molar-refractivity contribution is -0.117. The average molecular weight is 257 g/mol. The van der Waals surface area contributed by atoms with E-state index in [1.54, 1.807) is 6.92 Å². The molecule has 0 aliphatic heterocycles. The normalized spacial score (nSPS) is 9.86. The molecule has 0 saturated heterocycles. The van der Waals surface area contributed by atoms with Crippen molar-refractivity contribution < 1.29 is 9.53 Å². The maximum absolute atomic E-state index is 10.6. The van der Waals surface area contributed by atoms with Crippen LogP contribution in [0.25, 0.3) is 0 Å². The third-order valence-electron chi connectivity index (χ3n) is 1.76. The number of carbonyl (C=O) groups is 1. The van der Waals surface area contributed by atoms with Crippen molar-refractivity contribution >= 4 is 21.7 Å². The van der Waals surface area contributed by atoms with E-state index in [-0.39, 0.29) is 5.78 Å². The average Bonchev–Trinajstić information content (AvgIpc) is 2.15.